The van der Waals surface area contributed by atoms with Gasteiger partial charge in [-0.3, -0.25) is 24.4 Å². The smallest absolute Gasteiger partial charge is 0.446 e. The Balaban J connectivity index is 0.000000488. The number of Topliss-reactive ketones (excluding diaryl/α,β-unsaturated/α-hetero) is 3. The molecule has 0 atom stereocenters. The van der Waals surface area contributed by atoms with Crippen LogP contribution in [0.3, 0.4) is 0 Å². The molecule has 2 aromatic heterocycles. The van der Waals surface area contributed by atoms with Gasteiger partial charge in [-0.05, 0) is 94.1 Å². The standard InChI is InChI=1S/C16H16BNO2.C16H15BO3.C15H14BNO3.6C2H6/c19-16(14-4-2-8-18-11-14)10-12-5-6-13-3-1-7-17(20)15(13)9-12;18-16(14-4-2-1-3-5-14)11-12-6-7-13-8-9-20-17(19)15(13)10-12;18-15(14-3-1-2-7-17-14)10-11-4-5-12-6-8-20-16(19)13(12)9-11;6*1-2/h2,4-6,8-9,11,20H,1,3,7,10H2;1-7,10,19H,8-9,11H2;1-5,7,9,19H,6,8,10H2;6*1-2H3. The second kappa shape index (κ2) is 37.9. The highest BCUT2D eigenvalue weighted by atomic mass is 16.5. The summed E-state index contributed by atoms with van der Waals surface area (Å²) in [7, 11) is -1.76. The highest BCUT2D eigenvalue weighted by Crippen LogP contribution is 2.17. The van der Waals surface area contributed by atoms with Crippen molar-refractivity contribution in [3.63, 3.8) is 0 Å². The van der Waals surface area contributed by atoms with E-state index in [-0.39, 0.29) is 30.7 Å². The maximum absolute atomic E-state index is 12.2. The highest BCUT2D eigenvalue weighted by molar-refractivity contribution is 6.67. The first-order chi connectivity index (χ1) is 35.2. The number of hydrogen-bond donors (Lipinski definition) is 3. The second-order valence-corrected chi connectivity index (χ2v) is 15.1. The molecular formula is C59H81B3N2O8. The van der Waals surface area contributed by atoms with E-state index in [4.69, 9.17) is 9.31 Å². The lowest BCUT2D eigenvalue weighted by atomic mass is 9.53. The quantitative estimate of drug-likeness (QED) is 0.0942. The monoisotopic (exact) mass is 979 g/mol. The molecule has 6 aromatic rings. The van der Waals surface area contributed by atoms with Crippen LogP contribution in [-0.4, -0.2) is 76.8 Å². The van der Waals surface area contributed by atoms with Crippen LogP contribution in [0.1, 0.15) is 154 Å². The molecule has 0 fully saturated rings. The van der Waals surface area contributed by atoms with Crippen LogP contribution in [0.5, 0.6) is 0 Å². The van der Waals surface area contributed by atoms with Crippen LogP contribution in [0.15, 0.2) is 134 Å². The van der Waals surface area contributed by atoms with Crippen molar-refractivity contribution in [2.24, 2.45) is 0 Å². The molecule has 5 heterocycles. The van der Waals surface area contributed by atoms with Crippen molar-refractivity contribution < 1.29 is 38.8 Å². The van der Waals surface area contributed by atoms with Gasteiger partial charge in [-0.2, -0.15) is 0 Å². The Morgan fingerprint density at radius 3 is 1.40 bits per heavy atom. The Morgan fingerprint density at radius 2 is 0.931 bits per heavy atom. The van der Waals surface area contributed by atoms with Gasteiger partial charge in [0.25, 0.3) is 0 Å². The number of nitrogens with zero attached hydrogens (tertiary/aromatic N) is 2. The molecule has 13 heteroatoms. The van der Waals surface area contributed by atoms with Crippen LogP contribution in [-0.2, 0) is 47.8 Å². The third-order valence-electron chi connectivity index (χ3n) is 10.9. The molecule has 0 radical (unpaired) electrons. The van der Waals surface area contributed by atoms with Crippen molar-refractivity contribution in [2.45, 2.75) is 134 Å². The topological polar surface area (TPSA) is 156 Å². The van der Waals surface area contributed by atoms with Crippen molar-refractivity contribution in [1.29, 1.82) is 0 Å². The second-order valence-electron chi connectivity index (χ2n) is 15.1. The predicted molar refractivity (Wildman–Crippen MR) is 302 cm³/mol. The molecule has 0 spiro atoms. The fraction of sp³-hybridized carbons (Fsp3) is 0.373. The molecular weight excluding hydrogens is 897 g/mol. The first kappa shape index (κ1) is 64.2. The summed E-state index contributed by atoms with van der Waals surface area (Å²) in [5, 5.41) is 29.7. The normalized spacial score (nSPS) is 12.1. The molecule has 3 aliphatic rings. The lowest BCUT2D eigenvalue weighted by Crippen LogP contribution is -2.41. The number of fused-ring (bicyclic) bond motifs is 3. The first-order valence-corrected chi connectivity index (χ1v) is 26.3. The fourth-order valence-electron chi connectivity index (χ4n) is 7.63. The number of aromatic nitrogens is 2. The molecule has 0 saturated carbocycles. The number of ketones is 3. The molecule has 0 unspecified atom stereocenters. The Kier molecular flexibility index (Phi) is 33.8. The summed E-state index contributed by atoms with van der Waals surface area (Å²) >= 11 is 0. The van der Waals surface area contributed by atoms with Gasteiger partial charge < -0.3 is 24.4 Å². The zero-order valence-corrected chi connectivity index (χ0v) is 45.3. The molecule has 3 aliphatic heterocycles. The third kappa shape index (κ3) is 20.7. The zero-order chi connectivity index (χ0) is 53.8. The third-order valence-corrected chi connectivity index (χ3v) is 10.9. The van der Waals surface area contributed by atoms with Crippen molar-refractivity contribution in [3.05, 3.63) is 184 Å². The summed E-state index contributed by atoms with van der Waals surface area (Å²) in [6.07, 6.45) is 10.3. The summed E-state index contributed by atoms with van der Waals surface area (Å²) < 4.78 is 10.4. The Hall–Kier alpha value is -5.82. The molecule has 10 nitrogen and oxygen atoms in total. The lowest BCUT2D eigenvalue weighted by Gasteiger charge is -2.19. The Bertz CT molecular complexity index is 2160. The molecule has 0 aliphatic carbocycles. The van der Waals surface area contributed by atoms with Crippen molar-refractivity contribution in [1.82, 2.24) is 9.97 Å². The number of hydrogen-bond acceptors (Lipinski definition) is 10. The molecule has 0 amide bonds. The van der Waals surface area contributed by atoms with E-state index in [9.17, 15) is 29.5 Å². The number of rotatable bonds is 9. The van der Waals surface area contributed by atoms with Gasteiger partial charge in [0, 0.05) is 62.2 Å². The first-order valence-electron chi connectivity index (χ1n) is 26.3. The molecule has 4 aromatic carbocycles. The van der Waals surface area contributed by atoms with Crippen molar-refractivity contribution in [2.75, 3.05) is 13.2 Å². The number of benzene rings is 4. The van der Waals surface area contributed by atoms with Crippen molar-refractivity contribution in [3.8, 4) is 0 Å². The van der Waals surface area contributed by atoms with Gasteiger partial charge in [0.1, 0.15) is 5.69 Å². The van der Waals surface area contributed by atoms with Gasteiger partial charge in [0.2, 0.25) is 0 Å². The number of pyridine rings is 2. The summed E-state index contributed by atoms with van der Waals surface area (Å²) in [6.45, 7) is 24.7. The van der Waals surface area contributed by atoms with Crippen LogP contribution in [0.4, 0.5) is 0 Å². The maximum atomic E-state index is 12.2. The van der Waals surface area contributed by atoms with E-state index in [1.807, 2.05) is 168 Å². The van der Waals surface area contributed by atoms with Gasteiger partial charge in [-0.25, -0.2) is 0 Å². The minimum absolute atomic E-state index is 0.0308. The van der Waals surface area contributed by atoms with Crippen molar-refractivity contribution >= 4 is 54.9 Å². The zero-order valence-electron chi connectivity index (χ0n) is 45.3. The van der Waals surface area contributed by atoms with Crippen LogP contribution >= 0.6 is 0 Å². The van der Waals surface area contributed by atoms with Crippen LogP contribution in [0.25, 0.3) is 0 Å². The fourth-order valence-corrected chi connectivity index (χ4v) is 7.63. The summed E-state index contributed by atoms with van der Waals surface area (Å²) in [4.78, 5) is 44.5. The molecule has 0 saturated heterocycles. The van der Waals surface area contributed by atoms with E-state index in [2.05, 4.69) is 9.97 Å². The predicted octanol–water partition coefficient (Wildman–Crippen LogP) is 9.94. The van der Waals surface area contributed by atoms with Crippen LogP contribution < -0.4 is 16.4 Å². The van der Waals surface area contributed by atoms with E-state index < -0.39 is 14.2 Å². The average molecular weight is 979 g/mol. The molecule has 384 valence electrons. The molecule has 9 rings (SSSR count). The van der Waals surface area contributed by atoms with Gasteiger partial charge in [0.15, 0.2) is 17.3 Å². The van der Waals surface area contributed by atoms with E-state index in [1.54, 1.807) is 48.9 Å². The Morgan fingerprint density at radius 1 is 0.486 bits per heavy atom. The largest absolute Gasteiger partial charge is 0.491 e. The minimum Gasteiger partial charge on any atom is -0.446 e. The number of carbonyl (C=O) groups is 3. The Labute approximate surface area is 433 Å². The van der Waals surface area contributed by atoms with E-state index in [1.165, 1.54) is 5.56 Å². The van der Waals surface area contributed by atoms with Gasteiger partial charge >= 0.3 is 21.2 Å². The minimum atomic E-state index is -0.886. The number of carbonyl (C=O) groups excluding carboxylic acids is 3. The summed E-state index contributed by atoms with van der Waals surface area (Å²) in [5.41, 5.74) is 10.5. The highest BCUT2D eigenvalue weighted by Gasteiger charge is 2.27. The average Bonchev–Trinajstić information content (AvgIpc) is 3.46. The lowest BCUT2D eigenvalue weighted by molar-refractivity contribution is 0.0981. The van der Waals surface area contributed by atoms with Gasteiger partial charge in [-0.15, -0.1) is 0 Å². The SMILES string of the molecule is CC.CC.CC.CC.CC.CC.O=C(Cc1ccc2c(c1)B(O)CCC2)c1cccnc1.O=C(Cc1ccc2c(c1)B(O)OCC2)c1ccccc1.O=C(Cc1ccc2c(c1)B(O)OCC2)c1ccccn1. The summed E-state index contributed by atoms with van der Waals surface area (Å²) in [5.74, 6) is 0.108. The summed E-state index contributed by atoms with van der Waals surface area (Å²) in [6, 6.07) is 35.6. The molecule has 72 heavy (non-hydrogen) atoms. The van der Waals surface area contributed by atoms with E-state index in [0.29, 0.717) is 42.9 Å². The molecule has 0 bridgehead atoms. The van der Waals surface area contributed by atoms with E-state index in [0.717, 1.165) is 76.2 Å². The molecule has 3 N–H and O–H groups in total. The van der Waals surface area contributed by atoms with Crippen LogP contribution in [0.2, 0.25) is 6.32 Å². The van der Waals surface area contributed by atoms with Gasteiger partial charge in [0.05, 0.1) is 0 Å². The van der Waals surface area contributed by atoms with Crippen LogP contribution in [0, 0.1) is 0 Å². The van der Waals surface area contributed by atoms with E-state index >= 15 is 0 Å². The van der Waals surface area contributed by atoms with Gasteiger partial charge in [-0.1, -0.05) is 186 Å². The maximum Gasteiger partial charge on any atom is 0.491 e. The number of aryl methyl sites for hydroxylation is 1.